The number of thiophene rings is 1. The van der Waals surface area contributed by atoms with Gasteiger partial charge in [-0.15, -0.1) is 15.7 Å². The maximum absolute atomic E-state index is 13.5. The van der Waals surface area contributed by atoms with E-state index in [-0.39, 0.29) is 24.5 Å². The molecule has 3 N–H and O–H groups in total. The lowest BCUT2D eigenvalue weighted by molar-refractivity contribution is 0.164. The van der Waals surface area contributed by atoms with Crippen LogP contribution < -0.4 is 10.6 Å². The number of nitrogens with zero attached hydrogens (tertiary/aromatic N) is 3. The summed E-state index contributed by atoms with van der Waals surface area (Å²) in [5.74, 6) is 1.01. The van der Waals surface area contributed by atoms with E-state index >= 15 is 0 Å². The van der Waals surface area contributed by atoms with Crippen molar-refractivity contribution < 1.29 is 18.8 Å². The average Bonchev–Trinajstić information content (AvgIpc) is 3.59. The van der Waals surface area contributed by atoms with Gasteiger partial charge in [0.2, 0.25) is 5.95 Å². The van der Waals surface area contributed by atoms with Crippen LogP contribution in [0.25, 0.3) is 10.4 Å². The molecule has 1 aliphatic rings. The minimum absolute atomic E-state index is 0.00820. The van der Waals surface area contributed by atoms with E-state index in [4.69, 9.17) is 4.74 Å². The van der Waals surface area contributed by atoms with Gasteiger partial charge in [0.15, 0.2) is 0 Å². The molecule has 11 heteroatoms. The first-order chi connectivity index (χ1) is 17.0. The number of amides is 1. The van der Waals surface area contributed by atoms with Crippen molar-refractivity contribution in [2.45, 2.75) is 49.3 Å². The van der Waals surface area contributed by atoms with Gasteiger partial charge in [-0.1, -0.05) is 13.0 Å². The van der Waals surface area contributed by atoms with Crippen LogP contribution in [0.4, 0.5) is 22.2 Å². The number of rotatable bonds is 10. The molecule has 0 unspecified atom stereocenters. The van der Waals surface area contributed by atoms with Gasteiger partial charge < -0.3 is 20.5 Å². The lowest BCUT2D eigenvalue weighted by Gasteiger charge is -2.18. The molecule has 1 saturated carbocycles. The van der Waals surface area contributed by atoms with E-state index in [0.29, 0.717) is 22.3 Å². The predicted octanol–water partition coefficient (Wildman–Crippen LogP) is 5.28. The highest BCUT2D eigenvalue weighted by Gasteiger charge is 2.36. The normalized spacial score (nSPS) is 15.6. The second kappa shape index (κ2) is 11.1. The summed E-state index contributed by atoms with van der Waals surface area (Å²) in [6.45, 7) is 3.86. The Kier molecular flexibility index (Phi) is 7.99. The molecule has 2 atom stereocenters. The van der Waals surface area contributed by atoms with Crippen molar-refractivity contribution in [2.75, 3.05) is 23.8 Å². The number of aliphatic hydroxyl groups is 1. The van der Waals surface area contributed by atoms with Crippen LogP contribution in [0.5, 0.6) is 0 Å². The van der Waals surface area contributed by atoms with E-state index < -0.39 is 15.8 Å². The number of carbonyl (C=O) groups is 1. The third-order valence-corrected chi connectivity index (χ3v) is 9.18. The van der Waals surface area contributed by atoms with Gasteiger partial charge in [0.05, 0.1) is 34.5 Å². The van der Waals surface area contributed by atoms with Crippen molar-refractivity contribution in [3.8, 4) is 10.4 Å². The quantitative estimate of drug-likeness (QED) is 0.333. The largest absolute Gasteiger partial charge is 0.448 e. The number of aromatic nitrogens is 2. The van der Waals surface area contributed by atoms with Crippen LogP contribution in [0.2, 0.25) is 0 Å². The first-order valence-corrected chi connectivity index (χ1v) is 14.0. The number of ether oxygens (including phenoxy) is 1. The Morgan fingerprint density at radius 3 is 2.66 bits per heavy atom. The number of aliphatic hydroxyl groups excluding tert-OH is 1. The van der Waals surface area contributed by atoms with Gasteiger partial charge in [-0.05, 0) is 61.9 Å². The molecule has 0 spiro atoms. The maximum Gasteiger partial charge on any atom is 0.442 e. The lowest BCUT2D eigenvalue weighted by Crippen LogP contribution is -2.23. The number of carbonyl (C=O) groups excluding carboxylic acids is 1. The van der Waals surface area contributed by atoms with E-state index in [1.807, 2.05) is 24.4 Å². The number of hydrogen-bond acceptors (Lipinski definition) is 9. The van der Waals surface area contributed by atoms with Gasteiger partial charge >= 0.3 is 6.09 Å². The van der Waals surface area contributed by atoms with Crippen molar-refractivity contribution in [3.05, 3.63) is 48.0 Å². The monoisotopic (exact) mass is 515 g/mol. The van der Waals surface area contributed by atoms with E-state index in [2.05, 4.69) is 25.0 Å². The molecular weight excluding hydrogens is 486 g/mol. The number of benzene rings is 1. The van der Waals surface area contributed by atoms with Crippen molar-refractivity contribution in [2.24, 2.45) is 4.36 Å². The minimum Gasteiger partial charge on any atom is -0.448 e. The third-order valence-electron chi connectivity index (χ3n) is 5.53. The van der Waals surface area contributed by atoms with E-state index in [1.54, 1.807) is 48.7 Å². The molecule has 0 radical (unpaired) electrons. The SMILES string of the molecule is CCOC(=O)N=[S@@](=O)(c1ccc(Nc2ncc(-c3cccs3)c(N[C@H](CC)CO)n2)cc1)C1CC1. The second-order valence-electron chi connectivity index (χ2n) is 8.07. The van der Waals surface area contributed by atoms with Crippen molar-refractivity contribution >= 4 is 44.6 Å². The standard InChI is InChI=1S/C24H29N5O4S2/c1-3-16(15-30)26-22-20(21-6-5-13-34-21)14-25-23(28-22)27-17-7-9-18(10-8-17)35(32,19-11-12-19)29-24(31)33-4-2/h5-10,13-14,16,19,30H,3-4,11-12,15H2,1-2H3,(H2,25,26,27,28)/t16-,35-/m1/s1. The molecule has 1 aromatic carbocycles. The second-order valence-corrected chi connectivity index (χ2v) is 11.5. The molecule has 2 heterocycles. The predicted molar refractivity (Wildman–Crippen MR) is 139 cm³/mol. The fraction of sp³-hybridized carbons (Fsp3) is 0.375. The highest BCUT2D eigenvalue weighted by Crippen LogP contribution is 2.36. The summed E-state index contributed by atoms with van der Waals surface area (Å²) in [7, 11) is -2.88. The lowest BCUT2D eigenvalue weighted by atomic mass is 10.2. The summed E-state index contributed by atoms with van der Waals surface area (Å²) in [4.78, 5) is 22.6. The van der Waals surface area contributed by atoms with Crippen LogP contribution in [0.3, 0.4) is 0 Å². The van der Waals surface area contributed by atoms with Crippen molar-refractivity contribution in [1.82, 2.24) is 9.97 Å². The maximum atomic E-state index is 13.5. The summed E-state index contributed by atoms with van der Waals surface area (Å²) < 4.78 is 22.3. The molecule has 4 rings (SSSR count). The Balaban J connectivity index is 1.58. The highest BCUT2D eigenvalue weighted by molar-refractivity contribution is 7.94. The van der Waals surface area contributed by atoms with Gasteiger partial charge in [-0.3, -0.25) is 0 Å². The molecule has 0 bridgehead atoms. The first kappa shape index (κ1) is 25.1. The molecule has 1 amide bonds. The molecular formula is C24H29N5O4S2. The minimum atomic E-state index is -2.88. The molecule has 0 saturated heterocycles. The van der Waals surface area contributed by atoms with Gasteiger partial charge in [-0.25, -0.2) is 14.0 Å². The Morgan fingerprint density at radius 2 is 2.06 bits per heavy atom. The van der Waals surface area contributed by atoms with E-state index in [0.717, 1.165) is 29.7 Å². The van der Waals surface area contributed by atoms with Crippen LogP contribution in [0.1, 0.15) is 33.1 Å². The first-order valence-electron chi connectivity index (χ1n) is 11.5. The third kappa shape index (κ3) is 5.98. The molecule has 186 valence electrons. The van der Waals surface area contributed by atoms with Gasteiger partial charge in [0, 0.05) is 26.9 Å². The molecule has 35 heavy (non-hydrogen) atoms. The van der Waals surface area contributed by atoms with Crippen LogP contribution in [-0.2, 0) is 14.5 Å². The number of hydrogen-bond donors (Lipinski definition) is 3. The van der Waals surface area contributed by atoms with Crippen LogP contribution in [-0.4, -0.2) is 49.9 Å². The van der Waals surface area contributed by atoms with Gasteiger partial charge in [-0.2, -0.15) is 4.98 Å². The summed E-state index contributed by atoms with van der Waals surface area (Å²) in [6.07, 6.45) is 3.24. The summed E-state index contributed by atoms with van der Waals surface area (Å²) >= 11 is 1.59. The molecule has 1 fully saturated rings. The zero-order valence-corrected chi connectivity index (χ0v) is 21.3. The molecule has 3 aromatic rings. The van der Waals surface area contributed by atoms with Crippen LogP contribution >= 0.6 is 11.3 Å². The zero-order valence-electron chi connectivity index (χ0n) is 19.6. The topological polar surface area (TPSA) is 126 Å². The molecule has 2 aromatic heterocycles. The van der Waals surface area contributed by atoms with Gasteiger partial charge in [0.25, 0.3) is 0 Å². The Bertz CT molecular complexity index is 1260. The highest BCUT2D eigenvalue weighted by atomic mass is 32.2. The molecule has 1 aliphatic carbocycles. The van der Waals surface area contributed by atoms with Crippen LogP contribution in [0.15, 0.2) is 57.2 Å². The Hall–Kier alpha value is -3.02. The summed E-state index contributed by atoms with van der Waals surface area (Å²) in [5, 5.41) is 18.0. The number of nitrogens with one attached hydrogen (secondary N) is 2. The van der Waals surface area contributed by atoms with Crippen molar-refractivity contribution in [1.29, 1.82) is 0 Å². The average molecular weight is 516 g/mol. The summed E-state index contributed by atoms with van der Waals surface area (Å²) in [6, 6.07) is 10.8. The van der Waals surface area contributed by atoms with E-state index in [1.165, 1.54) is 0 Å². The zero-order chi connectivity index (χ0) is 24.8. The number of anilines is 3. The fourth-order valence-corrected chi connectivity index (χ4v) is 6.42. The smallest absolute Gasteiger partial charge is 0.442 e. The Labute approximate surface area is 209 Å². The Morgan fingerprint density at radius 1 is 1.29 bits per heavy atom. The molecule has 9 nitrogen and oxygen atoms in total. The summed E-state index contributed by atoms with van der Waals surface area (Å²) in [5.41, 5.74) is 1.56. The van der Waals surface area contributed by atoms with E-state index in [9.17, 15) is 14.1 Å². The van der Waals surface area contributed by atoms with Gasteiger partial charge in [0.1, 0.15) is 5.82 Å². The fourth-order valence-electron chi connectivity index (χ4n) is 3.46. The van der Waals surface area contributed by atoms with Crippen molar-refractivity contribution in [3.63, 3.8) is 0 Å². The molecule has 0 aliphatic heterocycles. The van der Waals surface area contributed by atoms with Crippen LogP contribution in [0, 0.1) is 0 Å².